The second-order valence-corrected chi connectivity index (χ2v) is 6.72. The molecular formula is C22H22O2. The molecule has 0 heterocycles. The van der Waals surface area contributed by atoms with E-state index < -0.39 is 0 Å². The van der Waals surface area contributed by atoms with Gasteiger partial charge in [-0.3, -0.25) is 0 Å². The van der Waals surface area contributed by atoms with Crippen LogP contribution in [0, 0.1) is 5.92 Å². The SMILES string of the molecule is Oc1ccc(C2=C(C3C=CC=CC3)CCC3=CC(O)CC=C32)cc1. The number of hydrogen-bond acceptors (Lipinski definition) is 2. The van der Waals surface area contributed by atoms with Crippen LogP contribution in [0.1, 0.15) is 31.2 Å². The van der Waals surface area contributed by atoms with Crippen molar-refractivity contribution in [2.75, 3.05) is 0 Å². The molecule has 122 valence electrons. The molecule has 0 aromatic heterocycles. The third-order valence-electron chi connectivity index (χ3n) is 5.14. The first-order valence-electron chi connectivity index (χ1n) is 8.68. The molecule has 1 aromatic carbocycles. The lowest BCUT2D eigenvalue weighted by atomic mass is 9.73. The summed E-state index contributed by atoms with van der Waals surface area (Å²) in [5, 5.41) is 19.6. The Hall–Kier alpha value is -2.32. The number of aliphatic hydroxyl groups is 1. The first kappa shape index (κ1) is 15.2. The minimum atomic E-state index is -0.358. The molecule has 3 aliphatic rings. The van der Waals surface area contributed by atoms with Crippen molar-refractivity contribution < 1.29 is 10.2 Å². The molecule has 2 heteroatoms. The Morgan fingerprint density at radius 2 is 1.79 bits per heavy atom. The van der Waals surface area contributed by atoms with Crippen molar-refractivity contribution in [2.45, 2.75) is 31.8 Å². The first-order valence-corrected chi connectivity index (χ1v) is 8.68. The maximum atomic E-state index is 9.97. The van der Waals surface area contributed by atoms with Gasteiger partial charge < -0.3 is 10.2 Å². The van der Waals surface area contributed by atoms with E-state index >= 15 is 0 Å². The zero-order valence-corrected chi connectivity index (χ0v) is 13.7. The highest BCUT2D eigenvalue weighted by Gasteiger charge is 2.28. The van der Waals surface area contributed by atoms with Crippen molar-refractivity contribution in [1.29, 1.82) is 0 Å². The Morgan fingerprint density at radius 3 is 2.54 bits per heavy atom. The van der Waals surface area contributed by atoms with Crippen LogP contribution in [0.25, 0.3) is 5.57 Å². The number of rotatable bonds is 2. The van der Waals surface area contributed by atoms with Gasteiger partial charge in [0.2, 0.25) is 0 Å². The van der Waals surface area contributed by atoms with Crippen LogP contribution in [0.3, 0.4) is 0 Å². The number of benzene rings is 1. The summed E-state index contributed by atoms with van der Waals surface area (Å²) in [6, 6.07) is 7.52. The number of fused-ring (bicyclic) bond motifs is 1. The summed E-state index contributed by atoms with van der Waals surface area (Å²) in [7, 11) is 0. The lowest BCUT2D eigenvalue weighted by Crippen LogP contribution is -2.17. The molecule has 0 aliphatic heterocycles. The highest BCUT2D eigenvalue weighted by Crippen LogP contribution is 2.45. The van der Waals surface area contributed by atoms with Crippen molar-refractivity contribution in [1.82, 2.24) is 0 Å². The van der Waals surface area contributed by atoms with E-state index in [1.165, 1.54) is 22.3 Å². The van der Waals surface area contributed by atoms with Gasteiger partial charge in [-0.25, -0.2) is 0 Å². The van der Waals surface area contributed by atoms with Crippen LogP contribution in [-0.2, 0) is 0 Å². The number of phenolic OH excluding ortho intramolecular Hbond substituents is 1. The lowest BCUT2D eigenvalue weighted by molar-refractivity contribution is 0.224. The van der Waals surface area contributed by atoms with Crippen LogP contribution in [0.15, 0.2) is 77.4 Å². The molecule has 24 heavy (non-hydrogen) atoms. The quantitative estimate of drug-likeness (QED) is 0.830. The van der Waals surface area contributed by atoms with Gasteiger partial charge in [0, 0.05) is 5.92 Å². The summed E-state index contributed by atoms with van der Waals surface area (Å²) < 4.78 is 0. The monoisotopic (exact) mass is 318 g/mol. The molecule has 2 N–H and O–H groups in total. The van der Waals surface area contributed by atoms with E-state index in [1.54, 1.807) is 12.1 Å². The lowest BCUT2D eigenvalue weighted by Gasteiger charge is -2.32. The largest absolute Gasteiger partial charge is 0.508 e. The number of aliphatic hydroxyl groups excluding tert-OH is 1. The van der Waals surface area contributed by atoms with Gasteiger partial charge in [0.05, 0.1) is 6.10 Å². The van der Waals surface area contributed by atoms with E-state index in [0.29, 0.717) is 18.1 Å². The van der Waals surface area contributed by atoms with E-state index in [0.717, 1.165) is 24.8 Å². The van der Waals surface area contributed by atoms with Gasteiger partial charge in [-0.1, -0.05) is 54.2 Å². The van der Waals surface area contributed by atoms with Crippen molar-refractivity contribution in [3.63, 3.8) is 0 Å². The highest BCUT2D eigenvalue weighted by molar-refractivity contribution is 5.88. The third-order valence-corrected chi connectivity index (χ3v) is 5.14. The maximum absolute atomic E-state index is 9.97. The number of hydrogen-bond donors (Lipinski definition) is 2. The second-order valence-electron chi connectivity index (χ2n) is 6.72. The van der Waals surface area contributed by atoms with Gasteiger partial charge in [-0.15, -0.1) is 0 Å². The van der Waals surface area contributed by atoms with E-state index in [2.05, 4.69) is 30.4 Å². The number of allylic oxidation sites excluding steroid dienone is 8. The minimum absolute atomic E-state index is 0.293. The molecule has 4 rings (SSSR count). The Balaban J connectivity index is 1.85. The Bertz CT molecular complexity index is 788. The zero-order chi connectivity index (χ0) is 16.5. The fraction of sp³-hybridized carbons (Fsp3) is 0.273. The van der Waals surface area contributed by atoms with E-state index in [-0.39, 0.29) is 6.10 Å². The summed E-state index contributed by atoms with van der Waals surface area (Å²) in [5.74, 6) is 0.731. The number of aromatic hydroxyl groups is 1. The summed E-state index contributed by atoms with van der Waals surface area (Å²) in [4.78, 5) is 0. The molecule has 2 nitrogen and oxygen atoms in total. The van der Waals surface area contributed by atoms with Gasteiger partial charge >= 0.3 is 0 Å². The fourth-order valence-electron chi connectivity index (χ4n) is 3.99. The van der Waals surface area contributed by atoms with Crippen LogP contribution in [-0.4, -0.2) is 16.3 Å². The van der Waals surface area contributed by atoms with Crippen molar-refractivity contribution in [3.8, 4) is 5.75 Å². The van der Waals surface area contributed by atoms with Crippen LogP contribution in [0.5, 0.6) is 5.75 Å². The van der Waals surface area contributed by atoms with Gasteiger partial charge in [0.1, 0.15) is 5.75 Å². The summed E-state index contributed by atoms with van der Waals surface area (Å²) in [6.07, 6.45) is 16.4. The highest BCUT2D eigenvalue weighted by atomic mass is 16.3. The van der Waals surface area contributed by atoms with Crippen molar-refractivity contribution in [2.24, 2.45) is 5.92 Å². The van der Waals surface area contributed by atoms with E-state index in [1.807, 2.05) is 18.2 Å². The third kappa shape index (κ3) is 2.78. The minimum Gasteiger partial charge on any atom is -0.508 e. The van der Waals surface area contributed by atoms with Crippen molar-refractivity contribution >= 4 is 5.57 Å². The summed E-state index contributed by atoms with van der Waals surface area (Å²) >= 11 is 0. The van der Waals surface area contributed by atoms with E-state index in [9.17, 15) is 10.2 Å². The summed E-state index contributed by atoms with van der Waals surface area (Å²) in [6.45, 7) is 0. The van der Waals surface area contributed by atoms with E-state index in [4.69, 9.17) is 0 Å². The molecular weight excluding hydrogens is 296 g/mol. The molecule has 0 radical (unpaired) electrons. The van der Waals surface area contributed by atoms with Gasteiger partial charge in [0.25, 0.3) is 0 Å². The Labute approximate surface area is 142 Å². The number of phenols is 1. The second kappa shape index (κ2) is 6.29. The smallest absolute Gasteiger partial charge is 0.115 e. The van der Waals surface area contributed by atoms with Crippen LogP contribution < -0.4 is 0 Å². The molecule has 0 saturated carbocycles. The fourth-order valence-corrected chi connectivity index (χ4v) is 3.99. The first-order chi connectivity index (χ1) is 11.7. The van der Waals surface area contributed by atoms with Gasteiger partial charge in [-0.2, -0.15) is 0 Å². The van der Waals surface area contributed by atoms with Gasteiger partial charge in [-0.05, 0) is 60.1 Å². The van der Waals surface area contributed by atoms with Crippen LogP contribution >= 0.6 is 0 Å². The van der Waals surface area contributed by atoms with Crippen LogP contribution in [0.2, 0.25) is 0 Å². The van der Waals surface area contributed by atoms with Gasteiger partial charge in [0.15, 0.2) is 0 Å². The normalized spacial score (nSPS) is 26.0. The summed E-state index contributed by atoms with van der Waals surface area (Å²) in [5.41, 5.74) is 6.45. The Morgan fingerprint density at radius 1 is 0.958 bits per heavy atom. The molecule has 0 amide bonds. The maximum Gasteiger partial charge on any atom is 0.115 e. The molecule has 2 unspecified atom stereocenters. The molecule has 0 saturated heterocycles. The Kier molecular flexibility index (Phi) is 3.99. The molecule has 3 aliphatic carbocycles. The van der Waals surface area contributed by atoms with Crippen molar-refractivity contribution in [3.05, 3.63) is 83.0 Å². The predicted octanol–water partition coefficient (Wildman–Crippen LogP) is 4.69. The molecule has 0 bridgehead atoms. The topological polar surface area (TPSA) is 40.5 Å². The zero-order valence-electron chi connectivity index (χ0n) is 13.7. The molecule has 0 fully saturated rings. The van der Waals surface area contributed by atoms with Crippen LogP contribution in [0.4, 0.5) is 0 Å². The molecule has 2 atom stereocenters. The predicted molar refractivity (Wildman–Crippen MR) is 97.4 cm³/mol. The average molecular weight is 318 g/mol. The molecule has 1 aromatic rings. The standard InChI is InChI=1S/C22H22O2/c23-18-9-6-16(7-10-18)22-20(15-4-2-1-3-5-15)12-8-17-14-19(24)11-13-21(17)22/h1-4,6-7,9-10,13-15,19,23-24H,5,8,11-12H2. The average Bonchev–Trinajstić information content (AvgIpc) is 2.62. The molecule has 0 spiro atoms.